The van der Waals surface area contributed by atoms with Crippen LogP contribution < -0.4 is 10.1 Å². The molecular formula is C20H26N2O4S. The van der Waals surface area contributed by atoms with Crippen LogP contribution in [0.5, 0.6) is 5.75 Å². The van der Waals surface area contributed by atoms with Crippen molar-refractivity contribution in [3.05, 3.63) is 53.6 Å². The van der Waals surface area contributed by atoms with Gasteiger partial charge in [0.25, 0.3) is 0 Å². The average molecular weight is 391 g/mol. The molecular weight excluding hydrogens is 364 g/mol. The maximum absolute atomic E-state index is 13.0. The molecule has 7 heteroatoms. The van der Waals surface area contributed by atoms with E-state index in [0.717, 1.165) is 5.56 Å². The van der Waals surface area contributed by atoms with Crippen molar-refractivity contribution < 1.29 is 17.9 Å². The molecule has 2 rings (SSSR count). The van der Waals surface area contributed by atoms with E-state index in [1.54, 1.807) is 50.2 Å². The van der Waals surface area contributed by atoms with Crippen molar-refractivity contribution in [1.82, 2.24) is 4.31 Å². The van der Waals surface area contributed by atoms with Crippen LogP contribution in [0, 0.1) is 13.8 Å². The van der Waals surface area contributed by atoms with Crippen LogP contribution in [-0.2, 0) is 14.8 Å². The topological polar surface area (TPSA) is 75.7 Å². The normalized spacial score (nSPS) is 11.4. The van der Waals surface area contributed by atoms with Gasteiger partial charge in [-0.3, -0.25) is 4.79 Å². The molecule has 0 radical (unpaired) electrons. The zero-order chi connectivity index (χ0) is 20.0. The first-order valence-corrected chi connectivity index (χ1v) is 10.3. The SMILES string of the molecule is CCOc1ccc(NC(=O)CN(CC)S(=O)(=O)c2cc(C)ccc2C)cc1. The van der Waals surface area contributed by atoms with E-state index < -0.39 is 15.9 Å². The molecule has 0 spiro atoms. The summed E-state index contributed by atoms with van der Waals surface area (Å²) in [5.74, 6) is 0.318. The van der Waals surface area contributed by atoms with Crippen LogP contribution in [0.4, 0.5) is 5.69 Å². The zero-order valence-corrected chi connectivity index (χ0v) is 17.0. The molecule has 0 bridgehead atoms. The lowest BCUT2D eigenvalue weighted by molar-refractivity contribution is -0.116. The number of nitrogens with one attached hydrogen (secondary N) is 1. The number of benzene rings is 2. The number of aryl methyl sites for hydroxylation is 2. The molecule has 0 atom stereocenters. The van der Waals surface area contributed by atoms with Gasteiger partial charge in [0.2, 0.25) is 15.9 Å². The van der Waals surface area contributed by atoms with E-state index >= 15 is 0 Å². The van der Waals surface area contributed by atoms with Crippen LogP contribution in [0.3, 0.4) is 0 Å². The number of rotatable bonds is 8. The van der Waals surface area contributed by atoms with Gasteiger partial charge in [0.15, 0.2) is 0 Å². The quantitative estimate of drug-likeness (QED) is 0.750. The third-order valence-electron chi connectivity index (χ3n) is 4.08. The van der Waals surface area contributed by atoms with Crippen LogP contribution in [0.1, 0.15) is 25.0 Å². The van der Waals surface area contributed by atoms with Crippen molar-refractivity contribution in [3.63, 3.8) is 0 Å². The molecule has 0 saturated heterocycles. The number of sulfonamides is 1. The first kappa shape index (κ1) is 20.9. The van der Waals surface area contributed by atoms with Gasteiger partial charge in [0, 0.05) is 12.2 Å². The molecule has 0 aromatic heterocycles. The molecule has 1 N–H and O–H groups in total. The molecule has 0 unspecified atom stereocenters. The van der Waals surface area contributed by atoms with Crippen LogP contribution in [0.25, 0.3) is 0 Å². The second-order valence-corrected chi connectivity index (χ2v) is 8.11. The van der Waals surface area contributed by atoms with Crippen LogP contribution in [0.2, 0.25) is 0 Å². The van der Waals surface area contributed by atoms with Crippen molar-refractivity contribution in [2.24, 2.45) is 0 Å². The van der Waals surface area contributed by atoms with Crippen molar-refractivity contribution in [2.45, 2.75) is 32.6 Å². The summed E-state index contributed by atoms with van der Waals surface area (Å²) < 4.78 is 32.5. The minimum atomic E-state index is -3.75. The van der Waals surface area contributed by atoms with Gasteiger partial charge < -0.3 is 10.1 Å². The summed E-state index contributed by atoms with van der Waals surface area (Å²) in [6.07, 6.45) is 0. The second kappa shape index (κ2) is 9.01. The van der Waals surface area contributed by atoms with Crippen LogP contribution in [-0.4, -0.2) is 38.3 Å². The monoisotopic (exact) mass is 390 g/mol. The Labute approximate surface area is 161 Å². The Hall–Kier alpha value is -2.38. The fourth-order valence-corrected chi connectivity index (χ4v) is 4.37. The summed E-state index contributed by atoms with van der Waals surface area (Å²) in [6.45, 7) is 7.71. The summed E-state index contributed by atoms with van der Waals surface area (Å²) in [5, 5.41) is 2.72. The molecule has 2 aromatic carbocycles. The predicted octanol–water partition coefficient (Wildman–Crippen LogP) is 3.35. The van der Waals surface area contributed by atoms with Crippen molar-refractivity contribution >= 4 is 21.6 Å². The highest BCUT2D eigenvalue weighted by Crippen LogP contribution is 2.21. The lowest BCUT2D eigenvalue weighted by atomic mass is 10.2. The summed E-state index contributed by atoms with van der Waals surface area (Å²) >= 11 is 0. The minimum Gasteiger partial charge on any atom is -0.494 e. The summed E-state index contributed by atoms with van der Waals surface area (Å²) in [6, 6.07) is 12.2. The predicted molar refractivity (Wildman–Crippen MR) is 107 cm³/mol. The summed E-state index contributed by atoms with van der Waals surface area (Å²) in [7, 11) is -3.75. The van der Waals surface area contributed by atoms with E-state index in [0.29, 0.717) is 23.6 Å². The zero-order valence-electron chi connectivity index (χ0n) is 16.2. The first-order chi connectivity index (χ1) is 12.8. The molecule has 0 aliphatic heterocycles. The van der Waals surface area contributed by atoms with Gasteiger partial charge in [0.1, 0.15) is 5.75 Å². The fourth-order valence-electron chi connectivity index (χ4n) is 2.65. The second-order valence-electron chi connectivity index (χ2n) is 6.21. The lowest BCUT2D eigenvalue weighted by Crippen LogP contribution is -2.38. The Balaban J connectivity index is 2.13. The average Bonchev–Trinajstić information content (AvgIpc) is 2.63. The molecule has 27 heavy (non-hydrogen) atoms. The van der Waals surface area contributed by atoms with E-state index in [1.807, 2.05) is 19.9 Å². The number of carbonyl (C=O) groups is 1. The third kappa shape index (κ3) is 5.30. The largest absolute Gasteiger partial charge is 0.494 e. The molecule has 0 aliphatic carbocycles. The number of nitrogens with zero attached hydrogens (tertiary/aromatic N) is 1. The Morgan fingerprint density at radius 2 is 1.74 bits per heavy atom. The molecule has 2 aromatic rings. The highest BCUT2D eigenvalue weighted by Gasteiger charge is 2.26. The smallest absolute Gasteiger partial charge is 0.243 e. The standard InChI is InChI=1S/C20H26N2O4S/c1-5-22(27(24,25)19-13-15(3)7-8-16(19)4)14-20(23)21-17-9-11-18(12-10-17)26-6-2/h7-13H,5-6,14H2,1-4H3,(H,21,23). The number of amides is 1. The van der Waals surface area contributed by atoms with Gasteiger partial charge in [-0.2, -0.15) is 4.31 Å². The Morgan fingerprint density at radius 3 is 2.33 bits per heavy atom. The molecule has 146 valence electrons. The highest BCUT2D eigenvalue weighted by atomic mass is 32.2. The summed E-state index contributed by atoms with van der Waals surface area (Å²) in [4.78, 5) is 12.6. The van der Waals surface area contributed by atoms with Gasteiger partial charge >= 0.3 is 0 Å². The van der Waals surface area contributed by atoms with Crippen molar-refractivity contribution in [1.29, 1.82) is 0 Å². The molecule has 6 nitrogen and oxygen atoms in total. The molecule has 0 heterocycles. The maximum Gasteiger partial charge on any atom is 0.243 e. The van der Waals surface area contributed by atoms with E-state index in [-0.39, 0.29) is 18.0 Å². The van der Waals surface area contributed by atoms with E-state index in [4.69, 9.17) is 4.74 Å². The van der Waals surface area contributed by atoms with Crippen LogP contribution in [0.15, 0.2) is 47.4 Å². The van der Waals surface area contributed by atoms with Gasteiger partial charge in [-0.05, 0) is 62.2 Å². The number of hydrogen-bond donors (Lipinski definition) is 1. The number of ether oxygens (including phenoxy) is 1. The van der Waals surface area contributed by atoms with E-state index in [2.05, 4.69) is 5.32 Å². The Morgan fingerprint density at radius 1 is 1.07 bits per heavy atom. The lowest BCUT2D eigenvalue weighted by Gasteiger charge is -2.21. The van der Waals surface area contributed by atoms with E-state index in [9.17, 15) is 13.2 Å². The van der Waals surface area contributed by atoms with E-state index in [1.165, 1.54) is 4.31 Å². The Bertz CT molecular complexity index is 893. The molecule has 1 amide bonds. The van der Waals surface area contributed by atoms with Gasteiger partial charge in [-0.25, -0.2) is 8.42 Å². The van der Waals surface area contributed by atoms with Gasteiger partial charge in [0.05, 0.1) is 18.0 Å². The number of hydrogen-bond acceptors (Lipinski definition) is 4. The number of likely N-dealkylation sites (N-methyl/N-ethyl adjacent to an activating group) is 1. The minimum absolute atomic E-state index is 0.201. The van der Waals surface area contributed by atoms with Crippen molar-refractivity contribution in [3.8, 4) is 5.75 Å². The maximum atomic E-state index is 13.0. The third-order valence-corrected chi connectivity index (χ3v) is 6.15. The Kier molecular flexibility index (Phi) is 6.98. The molecule has 0 saturated carbocycles. The van der Waals surface area contributed by atoms with Gasteiger partial charge in [-0.1, -0.05) is 19.1 Å². The molecule has 0 aliphatic rings. The number of carbonyl (C=O) groups excluding carboxylic acids is 1. The fraction of sp³-hybridized carbons (Fsp3) is 0.350. The highest BCUT2D eigenvalue weighted by molar-refractivity contribution is 7.89. The molecule has 0 fully saturated rings. The summed E-state index contributed by atoms with van der Waals surface area (Å²) in [5.41, 5.74) is 2.10. The number of anilines is 1. The van der Waals surface area contributed by atoms with Crippen molar-refractivity contribution in [2.75, 3.05) is 25.0 Å². The van der Waals surface area contributed by atoms with Gasteiger partial charge in [-0.15, -0.1) is 0 Å². The first-order valence-electron chi connectivity index (χ1n) is 8.88. The van der Waals surface area contributed by atoms with Crippen LogP contribution >= 0.6 is 0 Å².